The predicted octanol–water partition coefficient (Wildman–Crippen LogP) is -2.63. The van der Waals surface area contributed by atoms with E-state index in [0.29, 0.717) is 0 Å². The van der Waals surface area contributed by atoms with Gasteiger partial charge >= 0.3 is 6.03 Å². The van der Waals surface area contributed by atoms with Crippen LogP contribution in [0, 0.1) is 0 Å². The van der Waals surface area contributed by atoms with Gasteiger partial charge in [0.25, 0.3) is 0 Å². The first-order valence-corrected chi connectivity index (χ1v) is 3.58. The zero-order valence-electron chi connectivity index (χ0n) is 7.14. The zero-order chi connectivity index (χ0) is 10.0. The molecule has 13 heavy (non-hydrogen) atoms. The molecule has 1 unspecified atom stereocenters. The molecule has 0 saturated carbocycles. The standard InChI is InChI=1S/C5H12N6O2/c1-10-2-3(12)11(5(10)13)4(8-6)9-7/h3,12H,2,6-7H2,1H3,(H,8,9). The molecule has 0 aromatic rings. The van der Waals surface area contributed by atoms with Crippen LogP contribution < -0.4 is 17.1 Å². The van der Waals surface area contributed by atoms with Gasteiger partial charge in [-0.2, -0.15) is 0 Å². The van der Waals surface area contributed by atoms with Crippen molar-refractivity contribution in [1.29, 1.82) is 0 Å². The second kappa shape index (κ2) is 3.46. The van der Waals surface area contributed by atoms with E-state index >= 15 is 0 Å². The van der Waals surface area contributed by atoms with Gasteiger partial charge in [0.05, 0.1) is 6.54 Å². The average molecular weight is 188 g/mol. The van der Waals surface area contributed by atoms with E-state index in [1.54, 1.807) is 7.05 Å². The quantitative estimate of drug-likeness (QED) is 0.143. The number of rotatable bonds is 0. The van der Waals surface area contributed by atoms with Crippen LogP contribution in [-0.2, 0) is 0 Å². The highest BCUT2D eigenvalue weighted by atomic mass is 16.3. The SMILES string of the molecule is CN1CC(O)N(/C(=N/N)NN)C1=O. The maximum absolute atomic E-state index is 11.3. The number of hydrazone groups is 1. The van der Waals surface area contributed by atoms with Crippen molar-refractivity contribution in [1.82, 2.24) is 15.2 Å². The van der Waals surface area contributed by atoms with E-state index in [9.17, 15) is 9.90 Å². The second-order valence-electron chi connectivity index (χ2n) is 2.61. The third kappa shape index (κ3) is 1.48. The number of nitrogens with two attached hydrogens (primary N) is 2. The number of aliphatic hydroxyl groups excluding tert-OH is 1. The fourth-order valence-electron chi connectivity index (χ4n) is 1.12. The summed E-state index contributed by atoms with van der Waals surface area (Å²) in [4.78, 5) is 13.6. The average Bonchev–Trinajstić information content (AvgIpc) is 2.34. The van der Waals surface area contributed by atoms with Gasteiger partial charge in [0.1, 0.15) is 0 Å². The van der Waals surface area contributed by atoms with Crippen molar-refractivity contribution < 1.29 is 9.90 Å². The Kier molecular flexibility index (Phi) is 2.54. The number of carbonyl (C=O) groups is 1. The van der Waals surface area contributed by atoms with Crippen molar-refractivity contribution in [2.45, 2.75) is 6.23 Å². The topological polar surface area (TPSA) is 120 Å². The van der Waals surface area contributed by atoms with Gasteiger partial charge < -0.3 is 15.8 Å². The lowest BCUT2D eigenvalue weighted by atomic mass is 10.5. The highest BCUT2D eigenvalue weighted by Crippen LogP contribution is 2.11. The van der Waals surface area contributed by atoms with Gasteiger partial charge in [-0.25, -0.2) is 15.5 Å². The van der Waals surface area contributed by atoms with Crippen molar-refractivity contribution >= 4 is 12.0 Å². The first-order chi connectivity index (χ1) is 6.11. The van der Waals surface area contributed by atoms with E-state index in [-0.39, 0.29) is 12.5 Å². The number of nitrogens with zero attached hydrogens (tertiary/aromatic N) is 3. The molecule has 6 N–H and O–H groups in total. The van der Waals surface area contributed by atoms with E-state index in [1.807, 2.05) is 0 Å². The van der Waals surface area contributed by atoms with Gasteiger partial charge in [-0.1, -0.05) is 0 Å². The number of amides is 2. The largest absolute Gasteiger partial charge is 0.371 e. The number of likely N-dealkylation sites (N-methyl/N-ethyl adjacent to an activating group) is 1. The van der Waals surface area contributed by atoms with E-state index in [0.717, 1.165) is 4.90 Å². The lowest BCUT2D eigenvalue weighted by molar-refractivity contribution is 0.102. The van der Waals surface area contributed by atoms with E-state index in [4.69, 9.17) is 11.7 Å². The molecule has 1 saturated heterocycles. The summed E-state index contributed by atoms with van der Waals surface area (Å²) in [5, 5.41) is 12.6. The summed E-state index contributed by atoms with van der Waals surface area (Å²) in [6.45, 7) is 0.194. The molecule has 0 aliphatic carbocycles. The molecule has 2 amide bonds. The number of β-amino-alcohol motifs (C(OH)–C–C–N with tert-alkyl or cyclic N) is 1. The minimum atomic E-state index is -0.976. The fourth-order valence-corrected chi connectivity index (χ4v) is 1.12. The maximum atomic E-state index is 11.3. The number of guanidine groups is 1. The van der Waals surface area contributed by atoms with E-state index in [2.05, 4.69) is 10.5 Å². The first-order valence-electron chi connectivity index (χ1n) is 3.58. The van der Waals surface area contributed by atoms with Crippen LogP contribution >= 0.6 is 0 Å². The van der Waals surface area contributed by atoms with Crippen molar-refractivity contribution in [2.75, 3.05) is 13.6 Å². The van der Waals surface area contributed by atoms with Crippen molar-refractivity contribution in [2.24, 2.45) is 16.8 Å². The van der Waals surface area contributed by atoms with Gasteiger partial charge in [0.15, 0.2) is 6.23 Å². The number of nitrogens with one attached hydrogen (secondary N) is 1. The molecule has 1 aliphatic heterocycles. The summed E-state index contributed by atoms with van der Waals surface area (Å²) in [6, 6.07) is -0.408. The molecule has 8 heteroatoms. The molecule has 0 aromatic carbocycles. The number of hydrogen-bond acceptors (Lipinski definition) is 5. The normalized spacial score (nSPS) is 24.1. The Bertz CT molecular complexity index is 241. The van der Waals surface area contributed by atoms with Crippen LogP contribution in [-0.4, -0.2) is 46.7 Å². The molecule has 0 aromatic heterocycles. The number of aliphatic hydroxyl groups is 1. The highest BCUT2D eigenvalue weighted by Gasteiger charge is 2.37. The summed E-state index contributed by atoms with van der Waals surface area (Å²) in [7, 11) is 1.55. The first kappa shape index (κ1) is 9.55. The molecule has 0 bridgehead atoms. The summed E-state index contributed by atoms with van der Waals surface area (Å²) in [5.41, 5.74) is 2.12. The van der Waals surface area contributed by atoms with Crippen molar-refractivity contribution in [3.63, 3.8) is 0 Å². The minimum Gasteiger partial charge on any atom is -0.371 e. The van der Waals surface area contributed by atoms with Crippen molar-refractivity contribution in [3.05, 3.63) is 0 Å². The molecule has 1 rings (SSSR count). The molecular formula is C5H12N6O2. The van der Waals surface area contributed by atoms with E-state index < -0.39 is 12.3 Å². The lowest BCUT2D eigenvalue weighted by Gasteiger charge is -2.18. The Labute approximate surface area is 74.7 Å². The molecule has 0 spiro atoms. The molecule has 8 nitrogen and oxygen atoms in total. The Morgan fingerprint density at radius 1 is 1.85 bits per heavy atom. The van der Waals surface area contributed by atoms with Gasteiger partial charge in [0.2, 0.25) is 5.96 Å². The number of urea groups is 1. The number of hydrogen-bond donors (Lipinski definition) is 4. The Morgan fingerprint density at radius 2 is 2.46 bits per heavy atom. The van der Waals surface area contributed by atoms with Gasteiger partial charge in [-0.05, 0) is 0 Å². The molecule has 1 fully saturated rings. The Hall–Kier alpha value is -1.54. The monoisotopic (exact) mass is 188 g/mol. The second-order valence-corrected chi connectivity index (χ2v) is 2.61. The maximum Gasteiger partial charge on any atom is 0.329 e. The van der Waals surface area contributed by atoms with Gasteiger partial charge in [-0.3, -0.25) is 5.43 Å². The summed E-state index contributed by atoms with van der Waals surface area (Å²) in [5.74, 6) is 9.94. The van der Waals surface area contributed by atoms with Crippen LogP contribution in [0.5, 0.6) is 0 Å². The molecule has 0 radical (unpaired) electrons. The Morgan fingerprint density at radius 3 is 2.77 bits per heavy atom. The van der Waals surface area contributed by atoms with Gasteiger partial charge in [0, 0.05) is 7.05 Å². The fraction of sp³-hybridized carbons (Fsp3) is 0.600. The smallest absolute Gasteiger partial charge is 0.329 e. The zero-order valence-corrected chi connectivity index (χ0v) is 7.14. The molecule has 1 atom stereocenters. The summed E-state index contributed by atoms with van der Waals surface area (Å²) < 4.78 is 0. The van der Waals surface area contributed by atoms with Crippen LogP contribution in [0.2, 0.25) is 0 Å². The van der Waals surface area contributed by atoms with Crippen LogP contribution in [0.3, 0.4) is 0 Å². The summed E-state index contributed by atoms with van der Waals surface area (Å²) in [6.07, 6.45) is -0.976. The van der Waals surface area contributed by atoms with Crippen LogP contribution in [0.15, 0.2) is 5.10 Å². The van der Waals surface area contributed by atoms with Crippen LogP contribution in [0.4, 0.5) is 4.79 Å². The van der Waals surface area contributed by atoms with Crippen LogP contribution in [0.1, 0.15) is 0 Å². The van der Waals surface area contributed by atoms with Gasteiger partial charge in [-0.15, -0.1) is 5.10 Å². The van der Waals surface area contributed by atoms with Crippen LogP contribution in [0.25, 0.3) is 0 Å². The lowest BCUT2D eigenvalue weighted by Crippen LogP contribution is -2.50. The molecule has 1 heterocycles. The predicted molar refractivity (Wildman–Crippen MR) is 44.8 cm³/mol. The van der Waals surface area contributed by atoms with Crippen molar-refractivity contribution in [3.8, 4) is 0 Å². The highest BCUT2D eigenvalue weighted by molar-refractivity contribution is 5.97. The number of hydrazine groups is 1. The number of carbonyl (C=O) groups excluding carboxylic acids is 1. The summed E-state index contributed by atoms with van der Waals surface area (Å²) >= 11 is 0. The molecule has 1 aliphatic rings. The Balaban J connectivity index is 2.85. The minimum absolute atomic E-state index is 0.0677. The third-order valence-electron chi connectivity index (χ3n) is 1.75. The molecular weight excluding hydrogens is 176 g/mol. The third-order valence-corrected chi connectivity index (χ3v) is 1.75. The van der Waals surface area contributed by atoms with E-state index in [1.165, 1.54) is 4.90 Å². The molecule has 74 valence electrons.